The number of unbranched alkanes of at least 4 members (excludes halogenated alkanes) is 1. The molecule has 0 amide bonds. The van der Waals surface area contributed by atoms with Gasteiger partial charge in [-0.25, -0.2) is 0 Å². The van der Waals surface area contributed by atoms with Gasteiger partial charge in [0.15, 0.2) is 0 Å². The van der Waals surface area contributed by atoms with Crippen LogP contribution in [0.1, 0.15) is 31.7 Å². The molecule has 0 unspecified atom stereocenters. The predicted molar refractivity (Wildman–Crippen MR) is 71.7 cm³/mol. The van der Waals surface area contributed by atoms with Crippen LogP contribution >= 0.6 is 15.9 Å². The first-order valence-electron chi connectivity index (χ1n) is 5.56. The first-order chi connectivity index (χ1) is 7.77. The van der Waals surface area contributed by atoms with Crippen molar-refractivity contribution >= 4 is 15.9 Å². The Balaban J connectivity index is 2.59. The number of hydrogen-bond acceptors (Lipinski definition) is 1. The fraction of sp³-hybridized carbons (Fsp3) is 0.429. The van der Waals surface area contributed by atoms with Crippen molar-refractivity contribution < 1.29 is 4.74 Å². The molecule has 0 saturated carbocycles. The topological polar surface area (TPSA) is 9.23 Å². The average molecular weight is 281 g/mol. The maximum absolute atomic E-state index is 5.31. The molecule has 0 atom stereocenters. The maximum atomic E-state index is 5.31. The van der Waals surface area contributed by atoms with Crippen LogP contribution in [0.4, 0.5) is 0 Å². The molecular formula is C14H17BrO. The molecule has 1 aromatic rings. The Hall–Kier alpha value is -0.940. The molecular weight excluding hydrogens is 264 g/mol. The quantitative estimate of drug-likeness (QED) is 0.752. The monoisotopic (exact) mass is 280 g/mol. The smallest absolute Gasteiger partial charge is 0.122 e. The van der Waals surface area contributed by atoms with E-state index in [0.29, 0.717) is 0 Å². The van der Waals surface area contributed by atoms with Gasteiger partial charge in [-0.15, -0.1) is 11.8 Å². The minimum absolute atomic E-state index is 0.896. The van der Waals surface area contributed by atoms with Crippen molar-refractivity contribution in [3.63, 3.8) is 0 Å². The minimum atomic E-state index is 0.896. The largest absolute Gasteiger partial charge is 0.496 e. The molecule has 0 aromatic heterocycles. The molecule has 16 heavy (non-hydrogen) atoms. The van der Waals surface area contributed by atoms with Crippen molar-refractivity contribution in [1.82, 2.24) is 0 Å². The molecule has 0 fully saturated rings. The molecule has 0 aliphatic rings. The lowest BCUT2D eigenvalue weighted by atomic mass is 10.1. The molecule has 0 N–H and O–H groups in total. The third-order valence-electron chi connectivity index (χ3n) is 2.26. The average Bonchev–Trinajstić information content (AvgIpc) is 2.29. The summed E-state index contributed by atoms with van der Waals surface area (Å²) >= 11 is 3.47. The number of rotatable bonds is 4. The molecule has 0 aliphatic heterocycles. The molecule has 1 aromatic carbocycles. The first-order valence-corrected chi connectivity index (χ1v) is 6.35. The Morgan fingerprint density at radius 3 is 2.69 bits per heavy atom. The summed E-state index contributed by atoms with van der Waals surface area (Å²) in [6.07, 6.45) is 3.97. The van der Waals surface area contributed by atoms with Crippen LogP contribution < -0.4 is 4.74 Å². The standard InChI is InChI=1S/C14H17BrO/c1-3-4-5-6-7-8-12-11-13(15)9-10-14(12)16-2/h9-11H,3-4,7-8H2,1-2H3. The molecule has 1 rings (SSSR count). The lowest BCUT2D eigenvalue weighted by Crippen LogP contribution is -1.91. The highest BCUT2D eigenvalue weighted by molar-refractivity contribution is 9.10. The summed E-state index contributed by atoms with van der Waals surface area (Å²) in [5.74, 6) is 7.28. The van der Waals surface area contributed by atoms with E-state index in [1.807, 2.05) is 12.1 Å². The van der Waals surface area contributed by atoms with Crippen LogP contribution in [0.2, 0.25) is 0 Å². The Bertz CT molecular complexity index is 387. The molecule has 0 heterocycles. The van der Waals surface area contributed by atoms with Crippen molar-refractivity contribution in [2.75, 3.05) is 7.11 Å². The van der Waals surface area contributed by atoms with Gasteiger partial charge in [0.1, 0.15) is 5.75 Å². The van der Waals surface area contributed by atoms with Gasteiger partial charge in [0, 0.05) is 17.3 Å². The van der Waals surface area contributed by atoms with Crippen molar-refractivity contribution in [3.05, 3.63) is 28.2 Å². The van der Waals surface area contributed by atoms with Crippen molar-refractivity contribution in [3.8, 4) is 17.6 Å². The van der Waals surface area contributed by atoms with Gasteiger partial charge in [0.25, 0.3) is 0 Å². The fourth-order valence-electron chi connectivity index (χ4n) is 1.44. The van der Waals surface area contributed by atoms with Crippen LogP contribution in [0.3, 0.4) is 0 Å². The summed E-state index contributed by atoms with van der Waals surface area (Å²) in [6.45, 7) is 2.14. The Morgan fingerprint density at radius 1 is 1.25 bits per heavy atom. The summed E-state index contributed by atoms with van der Waals surface area (Å²) in [7, 11) is 1.70. The van der Waals surface area contributed by atoms with E-state index in [4.69, 9.17) is 4.74 Å². The highest BCUT2D eigenvalue weighted by atomic mass is 79.9. The zero-order chi connectivity index (χ0) is 11.8. The van der Waals surface area contributed by atoms with E-state index < -0.39 is 0 Å². The van der Waals surface area contributed by atoms with Crippen LogP contribution in [0.25, 0.3) is 0 Å². The maximum Gasteiger partial charge on any atom is 0.122 e. The molecule has 0 radical (unpaired) electrons. The van der Waals surface area contributed by atoms with Crippen LogP contribution in [-0.4, -0.2) is 7.11 Å². The van der Waals surface area contributed by atoms with Crippen LogP contribution in [0, 0.1) is 11.8 Å². The highest BCUT2D eigenvalue weighted by Crippen LogP contribution is 2.23. The second-order valence-corrected chi connectivity index (χ2v) is 4.48. The summed E-state index contributed by atoms with van der Waals surface area (Å²) in [6, 6.07) is 6.07. The van der Waals surface area contributed by atoms with Gasteiger partial charge in [0.2, 0.25) is 0 Å². The van der Waals surface area contributed by atoms with E-state index in [2.05, 4.69) is 40.8 Å². The van der Waals surface area contributed by atoms with Gasteiger partial charge >= 0.3 is 0 Å². The number of benzene rings is 1. The predicted octanol–water partition coefficient (Wildman–Crippen LogP) is 4.19. The van der Waals surface area contributed by atoms with E-state index in [1.165, 1.54) is 5.56 Å². The third kappa shape index (κ3) is 4.28. The van der Waals surface area contributed by atoms with E-state index in [0.717, 1.165) is 35.9 Å². The molecule has 2 heteroatoms. The lowest BCUT2D eigenvalue weighted by molar-refractivity contribution is 0.409. The SMILES string of the molecule is CCCC#CCCc1cc(Br)ccc1OC. The van der Waals surface area contributed by atoms with E-state index in [1.54, 1.807) is 7.11 Å². The van der Waals surface area contributed by atoms with E-state index in [-0.39, 0.29) is 0 Å². The van der Waals surface area contributed by atoms with Gasteiger partial charge in [-0.3, -0.25) is 0 Å². The van der Waals surface area contributed by atoms with Crippen molar-refractivity contribution in [1.29, 1.82) is 0 Å². The lowest BCUT2D eigenvalue weighted by Gasteiger charge is -2.07. The zero-order valence-corrected chi connectivity index (χ0v) is 11.4. The van der Waals surface area contributed by atoms with E-state index >= 15 is 0 Å². The Kier molecular flexibility index (Phi) is 6.03. The Labute approximate surface area is 106 Å². The second kappa shape index (κ2) is 7.35. The number of aryl methyl sites for hydroxylation is 1. The third-order valence-corrected chi connectivity index (χ3v) is 2.76. The van der Waals surface area contributed by atoms with Gasteiger partial charge in [-0.05, 0) is 36.6 Å². The minimum Gasteiger partial charge on any atom is -0.496 e. The van der Waals surface area contributed by atoms with Gasteiger partial charge in [-0.1, -0.05) is 22.9 Å². The fourth-order valence-corrected chi connectivity index (χ4v) is 1.85. The summed E-state index contributed by atoms with van der Waals surface area (Å²) in [5, 5.41) is 0. The molecule has 0 saturated heterocycles. The van der Waals surface area contributed by atoms with Crippen LogP contribution in [-0.2, 0) is 6.42 Å². The summed E-state index contributed by atoms with van der Waals surface area (Å²) < 4.78 is 6.40. The molecule has 0 bridgehead atoms. The number of ether oxygens (including phenoxy) is 1. The molecule has 1 nitrogen and oxygen atoms in total. The van der Waals surface area contributed by atoms with Crippen LogP contribution in [0.5, 0.6) is 5.75 Å². The second-order valence-electron chi connectivity index (χ2n) is 3.56. The van der Waals surface area contributed by atoms with Gasteiger partial charge < -0.3 is 4.74 Å². The first kappa shape index (κ1) is 13.1. The van der Waals surface area contributed by atoms with Crippen molar-refractivity contribution in [2.45, 2.75) is 32.6 Å². The Morgan fingerprint density at radius 2 is 2.00 bits per heavy atom. The normalized spacial score (nSPS) is 9.44. The van der Waals surface area contributed by atoms with Gasteiger partial charge in [-0.2, -0.15) is 0 Å². The molecule has 0 spiro atoms. The number of methoxy groups -OCH3 is 1. The molecule has 86 valence electrons. The molecule has 0 aliphatic carbocycles. The van der Waals surface area contributed by atoms with Crippen molar-refractivity contribution in [2.24, 2.45) is 0 Å². The van der Waals surface area contributed by atoms with Crippen LogP contribution in [0.15, 0.2) is 22.7 Å². The van der Waals surface area contributed by atoms with Gasteiger partial charge in [0.05, 0.1) is 7.11 Å². The summed E-state index contributed by atoms with van der Waals surface area (Å²) in [5.41, 5.74) is 1.21. The zero-order valence-electron chi connectivity index (χ0n) is 9.85. The number of halogens is 1. The highest BCUT2D eigenvalue weighted by Gasteiger charge is 2.02. The van der Waals surface area contributed by atoms with E-state index in [9.17, 15) is 0 Å². The number of hydrogen-bond donors (Lipinski definition) is 0. The summed E-state index contributed by atoms with van der Waals surface area (Å²) in [4.78, 5) is 0.